The molecule has 0 fully saturated rings. The maximum atomic E-state index is 12.4. The van der Waals surface area contributed by atoms with Crippen LogP contribution in [0.4, 0.5) is 13.2 Å². The number of ether oxygens (including phenoxy) is 1. The van der Waals surface area contributed by atoms with Crippen LogP contribution in [0.5, 0.6) is 5.75 Å². The highest BCUT2D eigenvalue weighted by Gasteiger charge is 2.32. The van der Waals surface area contributed by atoms with Gasteiger partial charge in [-0.2, -0.15) is 0 Å². The van der Waals surface area contributed by atoms with E-state index in [1.165, 1.54) is 12.1 Å². The van der Waals surface area contributed by atoms with Gasteiger partial charge in [-0.25, -0.2) is 0 Å². The van der Waals surface area contributed by atoms with Crippen LogP contribution in [0.1, 0.15) is 5.56 Å². The fourth-order valence-electron chi connectivity index (χ4n) is 1.89. The zero-order valence-corrected chi connectivity index (χ0v) is 11.7. The number of hydrogen-bond donors (Lipinski definition) is 1. The van der Waals surface area contributed by atoms with Crippen LogP contribution >= 0.6 is 0 Å². The van der Waals surface area contributed by atoms with E-state index < -0.39 is 6.36 Å². The van der Waals surface area contributed by atoms with E-state index in [-0.39, 0.29) is 5.75 Å². The molecule has 0 aliphatic rings. The van der Waals surface area contributed by atoms with Crippen molar-refractivity contribution < 1.29 is 23.0 Å². The van der Waals surface area contributed by atoms with E-state index in [1.54, 1.807) is 42.2 Å². The molecular weight excluding hydrogens is 283 g/mol. The van der Waals surface area contributed by atoms with Crippen molar-refractivity contribution in [3.8, 4) is 16.9 Å². The molecule has 3 nitrogen and oxygen atoms in total. The summed E-state index contributed by atoms with van der Waals surface area (Å²) in [6.07, 6.45) is 0.404. The number of hydrogen-bond acceptors (Lipinski definition) is 2. The standard InChI is InChI=1S/C14H12F3NO.CH4O/c1-3-10-8-18(2)9-12(10)11-6-4-5-7-13(11)19-14(15,16)17;1-2/h3-9H,1H2,2H3;2H,1H3. The average molecular weight is 299 g/mol. The molecule has 0 saturated carbocycles. The molecule has 2 rings (SSSR count). The Balaban J connectivity index is 0.00000106. The van der Waals surface area contributed by atoms with Crippen molar-refractivity contribution >= 4 is 6.08 Å². The Hall–Kier alpha value is -2.21. The highest BCUT2D eigenvalue weighted by atomic mass is 19.4. The van der Waals surface area contributed by atoms with Crippen LogP contribution in [0, 0.1) is 0 Å². The molecule has 0 saturated heterocycles. The lowest BCUT2D eigenvalue weighted by Crippen LogP contribution is -2.17. The molecule has 1 N–H and O–H groups in total. The van der Waals surface area contributed by atoms with Gasteiger partial charge in [0.25, 0.3) is 0 Å². The Labute approximate surface area is 120 Å². The van der Waals surface area contributed by atoms with Gasteiger partial charge in [-0.15, -0.1) is 13.2 Å². The molecule has 2 aromatic rings. The normalized spacial score (nSPS) is 10.6. The van der Waals surface area contributed by atoms with Gasteiger partial charge in [-0.1, -0.05) is 30.9 Å². The van der Waals surface area contributed by atoms with Crippen LogP contribution < -0.4 is 4.74 Å². The molecule has 6 heteroatoms. The van der Waals surface area contributed by atoms with E-state index in [2.05, 4.69) is 11.3 Å². The highest BCUT2D eigenvalue weighted by molar-refractivity contribution is 5.78. The van der Waals surface area contributed by atoms with Crippen molar-refractivity contribution in [1.82, 2.24) is 4.57 Å². The summed E-state index contributed by atoms with van der Waals surface area (Å²) in [5.41, 5.74) is 1.79. The summed E-state index contributed by atoms with van der Waals surface area (Å²) in [5, 5.41) is 7.00. The quantitative estimate of drug-likeness (QED) is 0.934. The second-order valence-corrected chi connectivity index (χ2v) is 4.04. The predicted molar refractivity (Wildman–Crippen MR) is 75.8 cm³/mol. The fraction of sp³-hybridized carbons (Fsp3) is 0.200. The molecule has 0 spiro atoms. The van der Waals surface area contributed by atoms with Gasteiger partial charge < -0.3 is 14.4 Å². The van der Waals surface area contributed by atoms with Crippen molar-refractivity contribution in [3.05, 3.63) is 48.8 Å². The van der Waals surface area contributed by atoms with Gasteiger partial charge in [0.15, 0.2) is 0 Å². The molecule has 0 aliphatic carbocycles. The minimum Gasteiger partial charge on any atom is -0.405 e. The largest absolute Gasteiger partial charge is 0.573 e. The topological polar surface area (TPSA) is 34.4 Å². The van der Waals surface area contributed by atoms with Crippen molar-refractivity contribution in [3.63, 3.8) is 0 Å². The van der Waals surface area contributed by atoms with E-state index >= 15 is 0 Å². The van der Waals surface area contributed by atoms with Crippen molar-refractivity contribution in [2.75, 3.05) is 7.11 Å². The SMILES string of the molecule is C=Cc1cn(C)cc1-c1ccccc1OC(F)(F)F.CO. The molecule has 0 radical (unpaired) electrons. The van der Waals surface area contributed by atoms with Crippen molar-refractivity contribution in [1.29, 1.82) is 0 Å². The number of benzene rings is 1. The predicted octanol–water partition coefficient (Wildman–Crippen LogP) is 3.84. The highest BCUT2D eigenvalue weighted by Crippen LogP contribution is 2.36. The zero-order valence-electron chi connectivity index (χ0n) is 11.7. The van der Waals surface area contributed by atoms with Gasteiger partial charge in [-0.3, -0.25) is 0 Å². The van der Waals surface area contributed by atoms with Crippen LogP contribution in [0.25, 0.3) is 17.2 Å². The van der Waals surface area contributed by atoms with Gasteiger partial charge in [0.1, 0.15) is 5.75 Å². The van der Waals surface area contributed by atoms with Crippen LogP contribution in [0.2, 0.25) is 0 Å². The number of aryl methyl sites for hydroxylation is 1. The van der Waals surface area contributed by atoms with Gasteiger partial charge in [0.2, 0.25) is 0 Å². The van der Waals surface area contributed by atoms with Gasteiger partial charge in [0, 0.05) is 37.7 Å². The lowest BCUT2D eigenvalue weighted by molar-refractivity contribution is -0.274. The molecule has 114 valence electrons. The second kappa shape index (κ2) is 6.99. The molecule has 0 amide bonds. The van der Waals surface area contributed by atoms with Gasteiger partial charge in [-0.05, 0) is 11.6 Å². The Bertz CT molecular complexity index is 603. The van der Waals surface area contributed by atoms with E-state index in [0.29, 0.717) is 11.1 Å². The third kappa shape index (κ3) is 4.39. The van der Waals surface area contributed by atoms with Gasteiger partial charge in [0.05, 0.1) is 0 Å². The number of halogens is 3. The zero-order chi connectivity index (χ0) is 16.0. The Morgan fingerprint density at radius 2 is 1.76 bits per heavy atom. The molecule has 1 aromatic heterocycles. The first-order chi connectivity index (χ1) is 9.90. The fourth-order valence-corrected chi connectivity index (χ4v) is 1.89. The number of rotatable bonds is 3. The lowest BCUT2D eigenvalue weighted by Gasteiger charge is -2.13. The number of alkyl halides is 3. The maximum Gasteiger partial charge on any atom is 0.573 e. The van der Waals surface area contributed by atoms with E-state index in [1.807, 2.05) is 0 Å². The third-order valence-electron chi connectivity index (χ3n) is 2.61. The van der Waals surface area contributed by atoms with Crippen LogP contribution in [-0.2, 0) is 7.05 Å². The smallest absolute Gasteiger partial charge is 0.405 e. The van der Waals surface area contributed by atoms with E-state index in [9.17, 15) is 13.2 Å². The average Bonchev–Trinajstić information content (AvgIpc) is 2.81. The van der Waals surface area contributed by atoms with Crippen molar-refractivity contribution in [2.45, 2.75) is 6.36 Å². The summed E-state index contributed by atoms with van der Waals surface area (Å²) in [6.45, 7) is 3.66. The molecule has 21 heavy (non-hydrogen) atoms. The Morgan fingerprint density at radius 1 is 1.14 bits per heavy atom. The van der Waals surface area contributed by atoms with Crippen LogP contribution in [-0.4, -0.2) is 23.1 Å². The Morgan fingerprint density at radius 3 is 2.33 bits per heavy atom. The first-order valence-corrected chi connectivity index (χ1v) is 5.99. The number of nitrogens with zero attached hydrogens (tertiary/aromatic N) is 1. The van der Waals surface area contributed by atoms with Gasteiger partial charge >= 0.3 is 6.36 Å². The first kappa shape index (κ1) is 16.8. The number of para-hydroxylation sites is 1. The number of aliphatic hydroxyl groups excluding tert-OH is 1. The molecule has 0 aliphatic heterocycles. The summed E-state index contributed by atoms with van der Waals surface area (Å²) in [5.74, 6) is -0.218. The third-order valence-corrected chi connectivity index (χ3v) is 2.61. The lowest BCUT2D eigenvalue weighted by atomic mass is 10.0. The van der Waals surface area contributed by atoms with Crippen molar-refractivity contribution in [2.24, 2.45) is 7.05 Å². The minimum atomic E-state index is -4.71. The molecule has 1 aromatic carbocycles. The summed E-state index contributed by atoms with van der Waals surface area (Å²) < 4.78 is 42.9. The summed E-state index contributed by atoms with van der Waals surface area (Å²) >= 11 is 0. The molecule has 0 unspecified atom stereocenters. The first-order valence-electron chi connectivity index (χ1n) is 5.99. The second-order valence-electron chi connectivity index (χ2n) is 4.04. The van der Waals surface area contributed by atoms with Crippen LogP contribution in [0.3, 0.4) is 0 Å². The van der Waals surface area contributed by atoms with E-state index in [0.717, 1.165) is 12.7 Å². The van der Waals surface area contributed by atoms with Crippen LogP contribution in [0.15, 0.2) is 43.2 Å². The summed E-state index contributed by atoms with van der Waals surface area (Å²) in [6, 6.07) is 6.05. The molecule has 1 heterocycles. The van der Waals surface area contributed by atoms with E-state index in [4.69, 9.17) is 5.11 Å². The summed E-state index contributed by atoms with van der Waals surface area (Å²) in [7, 11) is 2.80. The maximum absolute atomic E-state index is 12.4. The Kier molecular flexibility index (Phi) is 5.60. The monoisotopic (exact) mass is 299 g/mol. The minimum absolute atomic E-state index is 0.218. The molecule has 0 atom stereocenters. The number of aromatic nitrogens is 1. The number of aliphatic hydroxyl groups is 1. The molecule has 0 bridgehead atoms. The summed E-state index contributed by atoms with van der Waals surface area (Å²) in [4.78, 5) is 0. The molecular formula is C15H16F3NO2.